The Morgan fingerprint density at radius 2 is 1.67 bits per heavy atom. The topological polar surface area (TPSA) is 12.0 Å². The summed E-state index contributed by atoms with van der Waals surface area (Å²) < 4.78 is 0. The first kappa shape index (κ1) is 12.2. The van der Waals surface area contributed by atoms with Crippen LogP contribution in [0.1, 0.15) is 46.5 Å². The highest BCUT2D eigenvalue weighted by atomic mass is 35.5. The van der Waals surface area contributed by atoms with Gasteiger partial charge in [-0.1, -0.05) is 12.8 Å². The molecule has 0 saturated heterocycles. The summed E-state index contributed by atoms with van der Waals surface area (Å²) in [6.45, 7) is 7.94. The van der Waals surface area contributed by atoms with E-state index in [1.54, 1.807) is 0 Å². The van der Waals surface area contributed by atoms with Gasteiger partial charge in [0.25, 0.3) is 0 Å². The lowest BCUT2D eigenvalue weighted by molar-refractivity contribution is 0.374. The van der Waals surface area contributed by atoms with Gasteiger partial charge >= 0.3 is 0 Å². The molecule has 12 heavy (non-hydrogen) atoms. The molecule has 0 heterocycles. The minimum absolute atomic E-state index is 0. The molecular formula is C10H22ClN. The van der Waals surface area contributed by atoms with Crippen LogP contribution >= 0.6 is 12.4 Å². The van der Waals surface area contributed by atoms with Crippen molar-refractivity contribution < 1.29 is 0 Å². The molecule has 1 N–H and O–H groups in total. The lowest BCUT2D eigenvalue weighted by atomic mass is 10.0. The molecule has 1 nitrogen and oxygen atoms in total. The quantitative estimate of drug-likeness (QED) is 0.708. The molecule has 1 aliphatic carbocycles. The molecule has 74 valence electrons. The van der Waals surface area contributed by atoms with Crippen molar-refractivity contribution in [2.45, 2.75) is 52.0 Å². The fourth-order valence-corrected chi connectivity index (χ4v) is 1.67. The highest BCUT2D eigenvalue weighted by Crippen LogP contribution is 2.24. The van der Waals surface area contributed by atoms with Crippen LogP contribution in [0.5, 0.6) is 0 Å². The van der Waals surface area contributed by atoms with Crippen molar-refractivity contribution in [3.63, 3.8) is 0 Å². The molecule has 0 spiro atoms. The Kier molecular flexibility index (Phi) is 5.19. The number of halogens is 1. The van der Waals surface area contributed by atoms with Gasteiger partial charge in [-0.3, -0.25) is 0 Å². The number of hydrogen-bond acceptors (Lipinski definition) is 1. The zero-order valence-corrected chi connectivity index (χ0v) is 9.34. The SMILES string of the molecule is CC(C)(C)NCC1CCCC1.Cl. The monoisotopic (exact) mass is 191 g/mol. The van der Waals surface area contributed by atoms with Crippen molar-refractivity contribution in [2.75, 3.05) is 6.54 Å². The van der Waals surface area contributed by atoms with Gasteiger partial charge in [-0.15, -0.1) is 12.4 Å². The number of rotatable bonds is 2. The third kappa shape index (κ3) is 5.00. The molecule has 1 aliphatic rings. The highest BCUT2D eigenvalue weighted by Gasteiger charge is 2.17. The van der Waals surface area contributed by atoms with E-state index in [1.807, 2.05) is 0 Å². The van der Waals surface area contributed by atoms with Crippen LogP contribution in [0.3, 0.4) is 0 Å². The molecule has 0 aliphatic heterocycles. The van der Waals surface area contributed by atoms with Crippen molar-refractivity contribution in [1.82, 2.24) is 5.32 Å². The Hall–Kier alpha value is 0.250. The van der Waals surface area contributed by atoms with E-state index >= 15 is 0 Å². The molecule has 0 unspecified atom stereocenters. The predicted molar refractivity (Wildman–Crippen MR) is 57.0 cm³/mol. The maximum absolute atomic E-state index is 3.56. The van der Waals surface area contributed by atoms with Crippen LogP contribution in [0.4, 0.5) is 0 Å². The normalized spacial score (nSPS) is 19.2. The third-order valence-electron chi connectivity index (χ3n) is 2.40. The maximum atomic E-state index is 3.56. The Morgan fingerprint density at radius 3 is 2.08 bits per heavy atom. The van der Waals surface area contributed by atoms with Crippen LogP contribution in [-0.2, 0) is 0 Å². The van der Waals surface area contributed by atoms with Gasteiger partial charge in [-0.2, -0.15) is 0 Å². The van der Waals surface area contributed by atoms with Crippen LogP contribution in [0.25, 0.3) is 0 Å². The second kappa shape index (κ2) is 5.08. The van der Waals surface area contributed by atoms with Crippen molar-refractivity contribution in [3.8, 4) is 0 Å². The van der Waals surface area contributed by atoms with Crippen molar-refractivity contribution in [2.24, 2.45) is 5.92 Å². The van der Waals surface area contributed by atoms with E-state index in [4.69, 9.17) is 0 Å². The first-order valence-electron chi connectivity index (χ1n) is 4.83. The fraction of sp³-hybridized carbons (Fsp3) is 1.00. The van der Waals surface area contributed by atoms with Crippen LogP contribution in [0.2, 0.25) is 0 Å². The maximum Gasteiger partial charge on any atom is 0.00966 e. The fourth-order valence-electron chi connectivity index (χ4n) is 1.67. The van der Waals surface area contributed by atoms with Gasteiger partial charge in [0.1, 0.15) is 0 Å². The van der Waals surface area contributed by atoms with Crippen molar-refractivity contribution in [1.29, 1.82) is 0 Å². The first-order chi connectivity index (χ1) is 5.08. The Morgan fingerprint density at radius 1 is 1.17 bits per heavy atom. The van der Waals surface area contributed by atoms with Gasteiger partial charge in [-0.25, -0.2) is 0 Å². The Bertz CT molecular complexity index is 111. The Balaban J connectivity index is 0.00000121. The zero-order valence-electron chi connectivity index (χ0n) is 8.52. The van der Waals surface area contributed by atoms with E-state index in [0.717, 1.165) is 5.92 Å². The van der Waals surface area contributed by atoms with E-state index in [0.29, 0.717) is 5.54 Å². The predicted octanol–water partition coefficient (Wildman–Crippen LogP) is 2.99. The van der Waals surface area contributed by atoms with Gasteiger partial charge in [-0.05, 0) is 46.1 Å². The van der Waals surface area contributed by atoms with Crippen molar-refractivity contribution >= 4 is 12.4 Å². The lowest BCUT2D eigenvalue weighted by Gasteiger charge is -2.22. The van der Waals surface area contributed by atoms with E-state index in [2.05, 4.69) is 26.1 Å². The van der Waals surface area contributed by atoms with Crippen LogP contribution in [0.15, 0.2) is 0 Å². The molecule has 0 aromatic rings. The summed E-state index contributed by atoms with van der Waals surface area (Å²) in [5, 5.41) is 3.56. The van der Waals surface area contributed by atoms with E-state index in [-0.39, 0.29) is 12.4 Å². The summed E-state index contributed by atoms with van der Waals surface area (Å²) in [7, 11) is 0. The summed E-state index contributed by atoms with van der Waals surface area (Å²) in [4.78, 5) is 0. The van der Waals surface area contributed by atoms with E-state index < -0.39 is 0 Å². The molecule has 0 atom stereocenters. The molecule has 0 aromatic heterocycles. The molecule has 1 saturated carbocycles. The lowest BCUT2D eigenvalue weighted by Crippen LogP contribution is -2.38. The number of hydrogen-bond donors (Lipinski definition) is 1. The molecule has 0 aromatic carbocycles. The third-order valence-corrected chi connectivity index (χ3v) is 2.40. The smallest absolute Gasteiger partial charge is 0.00966 e. The molecule has 0 amide bonds. The summed E-state index contributed by atoms with van der Waals surface area (Å²) >= 11 is 0. The van der Waals surface area contributed by atoms with Gasteiger partial charge in [0.05, 0.1) is 0 Å². The summed E-state index contributed by atoms with van der Waals surface area (Å²) in [5.41, 5.74) is 0.308. The zero-order chi connectivity index (χ0) is 8.32. The molecule has 2 heteroatoms. The summed E-state index contributed by atoms with van der Waals surface area (Å²) in [5.74, 6) is 0.967. The number of nitrogens with one attached hydrogen (secondary N) is 1. The Labute approximate surface area is 82.7 Å². The minimum Gasteiger partial charge on any atom is -0.312 e. The van der Waals surface area contributed by atoms with Gasteiger partial charge in [0.2, 0.25) is 0 Å². The van der Waals surface area contributed by atoms with E-state index in [1.165, 1.54) is 32.2 Å². The largest absolute Gasteiger partial charge is 0.312 e. The highest BCUT2D eigenvalue weighted by molar-refractivity contribution is 5.85. The van der Waals surface area contributed by atoms with Gasteiger partial charge in [0, 0.05) is 5.54 Å². The average Bonchev–Trinajstić information content (AvgIpc) is 2.32. The standard InChI is InChI=1S/C10H21N.ClH/c1-10(2,3)11-8-9-6-4-5-7-9;/h9,11H,4-8H2,1-3H3;1H. The van der Waals surface area contributed by atoms with Gasteiger partial charge in [0.15, 0.2) is 0 Å². The summed E-state index contributed by atoms with van der Waals surface area (Å²) in [6.07, 6.45) is 5.80. The molecular weight excluding hydrogens is 170 g/mol. The van der Waals surface area contributed by atoms with Crippen LogP contribution < -0.4 is 5.32 Å². The molecule has 0 bridgehead atoms. The molecule has 0 radical (unpaired) electrons. The average molecular weight is 192 g/mol. The summed E-state index contributed by atoms with van der Waals surface area (Å²) in [6, 6.07) is 0. The second-order valence-corrected chi connectivity index (χ2v) is 4.78. The molecule has 1 rings (SSSR count). The first-order valence-corrected chi connectivity index (χ1v) is 4.83. The van der Waals surface area contributed by atoms with E-state index in [9.17, 15) is 0 Å². The van der Waals surface area contributed by atoms with Crippen LogP contribution in [-0.4, -0.2) is 12.1 Å². The van der Waals surface area contributed by atoms with Gasteiger partial charge < -0.3 is 5.32 Å². The molecule has 1 fully saturated rings. The van der Waals surface area contributed by atoms with Crippen LogP contribution in [0, 0.1) is 5.92 Å². The minimum atomic E-state index is 0. The second-order valence-electron chi connectivity index (χ2n) is 4.78. The van der Waals surface area contributed by atoms with Crippen molar-refractivity contribution in [3.05, 3.63) is 0 Å².